The van der Waals surface area contributed by atoms with Gasteiger partial charge in [-0.05, 0) is 106 Å². The monoisotopic (exact) mass is 621 g/mol. The van der Waals surface area contributed by atoms with Crippen molar-refractivity contribution in [2.45, 2.75) is 13.8 Å². The van der Waals surface area contributed by atoms with Crippen LogP contribution in [-0.2, 0) is 4.79 Å². The second kappa shape index (κ2) is 9.04. The molecule has 28 heavy (non-hydrogen) atoms. The van der Waals surface area contributed by atoms with Gasteiger partial charge in [-0.1, -0.05) is 12.1 Å². The van der Waals surface area contributed by atoms with Gasteiger partial charge in [0.2, 0.25) is 0 Å². The second-order valence-electron chi connectivity index (χ2n) is 6.28. The van der Waals surface area contributed by atoms with Crippen LogP contribution in [0.25, 0.3) is 6.08 Å². The number of imide groups is 1. The molecule has 0 aliphatic carbocycles. The number of nitrogens with zero attached hydrogens (tertiary/aromatic N) is 1. The maximum absolute atomic E-state index is 12.6. The first-order valence-corrected chi connectivity index (χ1v) is 11.4. The average molecular weight is 621 g/mol. The van der Waals surface area contributed by atoms with Gasteiger partial charge in [-0.25, -0.2) is 0 Å². The number of phenolic OH excluding ortho intramolecular Hbond substituents is 1. The molecule has 0 unspecified atom stereocenters. The minimum atomic E-state index is -0.368. The highest BCUT2D eigenvalue weighted by Gasteiger charge is 2.35. The number of aromatic hydroxyl groups is 1. The van der Waals surface area contributed by atoms with Crippen molar-refractivity contribution in [2.75, 3.05) is 13.2 Å². The Morgan fingerprint density at radius 3 is 2.68 bits per heavy atom. The molecule has 1 saturated heterocycles. The molecule has 0 bridgehead atoms. The number of hydrogen-bond acceptors (Lipinski definition) is 5. The number of rotatable bonds is 5. The number of aryl methyl sites for hydroxylation is 2. The van der Waals surface area contributed by atoms with Gasteiger partial charge in [0.25, 0.3) is 11.1 Å². The number of thioether (sulfide) groups is 1. The fourth-order valence-electron chi connectivity index (χ4n) is 2.64. The SMILES string of the molecule is Cc1ccc(C)c(OCCN2C(=O)S/C(=C\c3cc(I)cc(I)c3O)C2=O)c1. The van der Waals surface area contributed by atoms with E-state index in [2.05, 4.69) is 22.6 Å². The molecule has 146 valence electrons. The van der Waals surface area contributed by atoms with Crippen LogP contribution >= 0.6 is 56.9 Å². The summed E-state index contributed by atoms with van der Waals surface area (Å²) in [6.07, 6.45) is 1.57. The topological polar surface area (TPSA) is 66.8 Å². The van der Waals surface area contributed by atoms with Crippen molar-refractivity contribution < 1.29 is 19.4 Å². The average Bonchev–Trinajstić information content (AvgIpc) is 2.89. The zero-order valence-corrected chi connectivity index (χ0v) is 20.3. The normalized spacial score (nSPS) is 15.6. The Morgan fingerprint density at radius 1 is 1.18 bits per heavy atom. The lowest BCUT2D eigenvalue weighted by Crippen LogP contribution is -2.32. The molecule has 0 radical (unpaired) electrons. The number of carbonyl (C=O) groups is 2. The molecule has 2 aromatic carbocycles. The van der Waals surface area contributed by atoms with Crippen LogP contribution in [0.2, 0.25) is 0 Å². The number of halogens is 2. The molecular formula is C20H17I2NO4S. The molecule has 0 spiro atoms. The summed E-state index contributed by atoms with van der Waals surface area (Å²) in [6, 6.07) is 9.53. The predicted octanol–water partition coefficient (Wildman–Crippen LogP) is 5.33. The number of benzene rings is 2. The zero-order valence-electron chi connectivity index (χ0n) is 15.2. The van der Waals surface area contributed by atoms with Gasteiger partial charge >= 0.3 is 0 Å². The van der Waals surface area contributed by atoms with E-state index in [0.717, 1.165) is 32.2 Å². The fourth-order valence-corrected chi connectivity index (χ4v) is 5.39. The lowest BCUT2D eigenvalue weighted by molar-refractivity contribution is -0.123. The molecule has 8 heteroatoms. The Balaban J connectivity index is 1.71. The van der Waals surface area contributed by atoms with E-state index in [-0.39, 0.29) is 30.0 Å². The van der Waals surface area contributed by atoms with Gasteiger partial charge in [0.05, 0.1) is 15.0 Å². The molecular weight excluding hydrogens is 604 g/mol. The van der Waals surface area contributed by atoms with Gasteiger partial charge in [0.1, 0.15) is 18.1 Å². The molecule has 1 aliphatic heterocycles. The van der Waals surface area contributed by atoms with E-state index < -0.39 is 0 Å². The number of ether oxygens (including phenoxy) is 1. The first-order chi connectivity index (χ1) is 13.3. The van der Waals surface area contributed by atoms with Crippen LogP contribution in [0.5, 0.6) is 11.5 Å². The molecule has 1 fully saturated rings. The largest absolute Gasteiger partial charge is 0.506 e. The third-order valence-electron chi connectivity index (χ3n) is 4.13. The highest BCUT2D eigenvalue weighted by atomic mass is 127. The third kappa shape index (κ3) is 4.82. The van der Waals surface area contributed by atoms with Crippen LogP contribution < -0.4 is 4.74 Å². The lowest BCUT2D eigenvalue weighted by atomic mass is 10.1. The smallest absolute Gasteiger partial charge is 0.293 e. The van der Waals surface area contributed by atoms with E-state index in [1.165, 1.54) is 4.90 Å². The van der Waals surface area contributed by atoms with Crippen molar-refractivity contribution >= 4 is 74.2 Å². The Kier molecular flexibility index (Phi) is 6.92. The van der Waals surface area contributed by atoms with Gasteiger partial charge in [-0.3, -0.25) is 14.5 Å². The minimum absolute atomic E-state index is 0.103. The van der Waals surface area contributed by atoms with Gasteiger partial charge < -0.3 is 9.84 Å². The Hall–Kier alpha value is -1.27. The Bertz CT molecular complexity index is 990. The number of hydrogen-bond donors (Lipinski definition) is 1. The molecule has 3 rings (SSSR count). The summed E-state index contributed by atoms with van der Waals surface area (Å²) >= 11 is 5.06. The van der Waals surface area contributed by atoms with E-state index in [0.29, 0.717) is 14.0 Å². The maximum Gasteiger partial charge on any atom is 0.293 e. The van der Waals surface area contributed by atoms with Crippen molar-refractivity contribution in [2.24, 2.45) is 0 Å². The highest BCUT2D eigenvalue weighted by Crippen LogP contribution is 2.35. The molecule has 0 aromatic heterocycles. The number of amides is 2. The van der Waals surface area contributed by atoms with Gasteiger partial charge in [-0.15, -0.1) is 0 Å². The van der Waals surface area contributed by atoms with Crippen LogP contribution in [0.1, 0.15) is 16.7 Å². The summed E-state index contributed by atoms with van der Waals surface area (Å²) in [5.74, 6) is 0.486. The van der Waals surface area contributed by atoms with E-state index >= 15 is 0 Å². The molecule has 1 aliphatic rings. The minimum Gasteiger partial charge on any atom is -0.506 e. The van der Waals surface area contributed by atoms with Gasteiger partial charge in [0, 0.05) is 9.13 Å². The first-order valence-electron chi connectivity index (χ1n) is 8.39. The Labute approximate surface area is 194 Å². The summed E-state index contributed by atoms with van der Waals surface area (Å²) in [4.78, 5) is 26.4. The fraction of sp³-hybridized carbons (Fsp3) is 0.200. The predicted molar refractivity (Wildman–Crippen MR) is 128 cm³/mol. The van der Waals surface area contributed by atoms with E-state index in [4.69, 9.17) is 4.74 Å². The van der Waals surface area contributed by atoms with E-state index in [1.807, 2.05) is 60.7 Å². The van der Waals surface area contributed by atoms with E-state index in [1.54, 1.807) is 12.1 Å². The number of carbonyl (C=O) groups excluding carboxylic acids is 2. The zero-order chi connectivity index (χ0) is 20.4. The summed E-state index contributed by atoms with van der Waals surface area (Å²) in [5, 5.41) is 9.89. The molecule has 1 heterocycles. The molecule has 0 atom stereocenters. The van der Waals surface area contributed by atoms with E-state index in [9.17, 15) is 14.7 Å². The molecule has 1 N–H and O–H groups in total. The summed E-state index contributed by atoms with van der Waals surface area (Å²) in [7, 11) is 0. The molecule has 0 saturated carbocycles. The standard InChI is InChI=1S/C20H17I2NO4S/c1-11-3-4-12(2)16(7-11)27-6-5-23-19(25)17(28-20(23)26)9-13-8-14(21)10-15(22)18(13)24/h3-4,7-10,24H,5-6H2,1-2H3/b17-9-. The van der Waals surface area contributed by atoms with Crippen molar-refractivity contribution in [3.8, 4) is 11.5 Å². The Morgan fingerprint density at radius 2 is 1.93 bits per heavy atom. The summed E-state index contributed by atoms with van der Waals surface area (Å²) < 4.78 is 7.39. The highest BCUT2D eigenvalue weighted by molar-refractivity contribution is 14.1. The van der Waals surface area contributed by atoms with Gasteiger partial charge in [-0.2, -0.15) is 0 Å². The van der Waals surface area contributed by atoms with Crippen LogP contribution in [0.3, 0.4) is 0 Å². The van der Waals surface area contributed by atoms with Crippen molar-refractivity contribution in [3.05, 3.63) is 59.1 Å². The molecule has 5 nitrogen and oxygen atoms in total. The van der Waals surface area contributed by atoms with Crippen LogP contribution in [0, 0.1) is 21.0 Å². The summed E-state index contributed by atoms with van der Waals surface area (Å²) in [6.45, 7) is 4.33. The van der Waals surface area contributed by atoms with Crippen molar-refractivity contribution in [1.29, 1.82) is 0 Å². The second-order valence-corrected chi connectivity index (χ2v) is 9.68. The number of phenols is 1. The van der Waals surface area contributed by atoms with Gasteiger partial charge in [0.15, 0.2) is 0 Å². The third-order valence-corrected chi connectivity index (χ3v) is 6.49. The van der Waals surface area contributed by atoms with Crippen LogP contribution in [0.4, 0.5) is 4.79 Å². The van der Waals surface area contributed by atoms with Crippen LogP contribution in [0.15, 0.2) is 35.2 Å². The van der Waals surface area contributed by atoms with Crippen molar-refractivity contribution in [1.82, 2.24) is 4.90 Å². The van der Waals surface area contributed by atoms with Crippen LogP contribution in [-0.4, -0.2) is 34.3 Å². The maximum atomic E-state index is 12.6. The molecule has 2 aromatic rings. The lowest BCUT2D eigenvalue weighted by Gasteiger charge is -2.14. The first kappa shape index (κ1) is 21.4. The summed E-state index contributed by atoms with van der Waals surface area (Å²) in [5.41, 5.74) is 2.61. The van der Waals surface area contributed by atoms with Crippen molar-refractivity contribution in [3.63, 3.8) is 0 Å². The molecule has 2 amide bonds. The quantitative estimate of drug-likeness (QED) is 0.361.